The highest BCUT2D eigenvalue weighted by Gasteiger charge is 2.03. The summed E-state index contributed by atoms with van der Waals surface area (Å²) in [5, 5.41) is 5.56. The van der Waals surface area contributed by atoms with Crippen molar-refractivity contribution in [2.24, 2.45) is 0 Å². The van der Waals surface area contributed by atoms with Crippen molar-refractivity contribution in [2.45, 2.75) is 0 Å². The monoisotopic (exact) mass is 272 g/mol. The number of rotatable bonds is 6. The van der Waals surface area contributed by atoms with Crippen LogP contribution in [0.15, 0.2) is 30.5 Å². The minimum Gasteiger partial charge on any atom is -0.497 e. The Balaban J connectivity index is 2.08. The highest BCUT2D eigenvalue weighted by atomic mass is 32.2. The van der Waals surface area contributed by atoms with Crippen LogP contribution >= 0.6 is 11.8 Å². The highest BCUT2D eigenvalue weighted by molar-refractivity contribution is 7.99. The smallest absolute Gasteiger partial charge is 0.133 e. The van der Waals surface area contributed by atoms with Crippen LogP contribution < -0.4 is 10.1 Å². The summed E-state index contributed by atoms with van der Waals surface area (Å²) in [4.78, 5) is 4.38. The molecule has 2 aromatic rings. The van der Waals surface area contributed by atoms with Gasteiger partial charge in [0.15, 0.2) is 0 Å². The Morgan fingerprint density at radius 1 is 1.42 bits per heavy atom. The van der Waals surface area contributed by atoms with E-state index in [4.69, 9.17) is 11.2 Å². The van der Waals surface area contributed by atoms with Crippen LogP contribution in [-0.2, 0) is 0 Å². The molecule has 98 valence electrons. The summed E-state index contributed by atoms with van der Waals surface area (Å²) >= 11 is 1.74. The molecule has 0 atom stereocenters. The van der Waals surface area contributed by atoms with Crippen molar-refractivity contribution in [1.29, 1.82) is 0 Å². The molecule has 1 aromatic carbocycles. The van der Waals surface area contributed by atoms with E-state index < -0.39 is 0 Å². The summed E-state index contributed by atoms with van der Waals surface area (Å²) in [5.74, 6) is 6.10. The maximum absolute atomic E-state index is 5.22. The molecule has 0 spiro atoms. The Bertz CT molecular complexity index is 592. The van der Waals surface area contributed by atoms with Crippen LogP contribution in [0.2, 0.25) is 0 Å². The zero-order valence-electron chi connectivity index (χ0n) is 10.8. The number of methoxy groups -OCH3 is 1. The predicted octanol–water partition coefficient (Wildman–Crippen LogP) is 3.02. The van der Waals surface area contributed by atoms with Crippen LogP contribution in [0.4, 0.5) is 5.82 Å². The van der Waals surface area contributed by atoms with E-state index in [-0.39, 0.29) is 0 Å². The fraction of sp³-hybridized carbons (Fsp3) is 0.267. The summed E-state index contributed by atoms with van der Waals surface area (Å²) in [6.07, 6.45) is 7.01. The summed E-state index contributed by atoms with van der Waals surface area (Å²) in [6.45, 7) is 0.852. The molecular weight excluding hydrogens is 256 g/mol. The fourth-order valence-corrected chi connectivity index (χ4v) is 2.31. The van der Waals surface area contributed by atoms with E-state index in [0.717, 1.165) is 40.4 Å². The zero-order valence-corrected chi connectivity index (χ0v) is 11.7. The lowest BCUT2D eigenvalue weighted by Gasteiger charge is -2.09. The van der Waals surface area contributed by atoms with Crippen molar-refractivity contribution in [1.82, 2.24) is 4.98 Å². The standard InChI is InChI=1S/C15H16N2OS/c1-3-9-19-10-8-17-15-14-5-4-13(18-2)11-12(14)6-7-16-15/h1,4-7,11H,8-10H2,2H3,(H,16,17). The average Bonchev–Trinajstić information content (AvgIpc) is 2.46. The second-order valence-electron chi connectivity index (χ2n) is 3.93. The summed E-state index contributed by atoms with van der Waals surface area (Å²) in [5.41, 5.74) is 0. The molecule has 2 rings (SSSR count). The molecule has 4 heteroatoms. The number of fused-ring (bicyclic) bond motifs is 1. The zero-order chi connectivity index (χ0) is 13.5. The second-order valence-corrected chi connectivity index (χ2v) is 5.04. The van der Waals surface area contributed by atoms with Crippen molar-refractivity contribution in [3.63, 3.8) is 0 Å². The molecule has 1 aromatic heterocycles. The van der Waals surface area contributed by atoms with Gasteiger partial charge in [-0.1, -0.05) is 5.92 Å². The van der Waals surface area contributed by atoms with E-state index in [0.29, 0.717) is 0 Å². The van der Waals surface area contributed by atoms with Gasteiger partial charge >= 0.3 is 0 Å². The first-order valence-electron chi connectivity index (χ1n) is 6.03. The number of hydrogen-bond acceptors (Lipinski definition) is 4. The van der Waals surface area contributed by atoms with Gasteiger partial charge in [0.05, 0.1) is 12.9 Å². The molecule has 0 bridgehead atoms. The molecule has 0 aliphatic rings. The van der Waals surface area contributed by atoms with Crippen LogP contribution in [0.25, 0.3) is 10.8 Å². The Morgan fingerprint density at radius 3 is 3.11 bits per heavy atom. The number of nitrogens with zero attached hydrogens (tertiary/aromatic N) is 1. The fourth-order valence-electron chi connectivity index (χ4n) is 1.80. The lowest BCUT2D eigenvalue weighted by atomic mass is 10.1. The van der Waals surface area contributed by atoms with E-state index >= 15 is 0 Å². The van der Waals surface area contributed by atoms with Crippen molar-refractivity contribution >= 4 is 28.4 Å². The summed E-state index contributed by atoms with van der Waals surface area (Å²) in [6, 6.07) is 7.96. The van der Waals surface area contributed by atoms with Crippen molar-refractivity contribution in [3.8, 4) is 18.1 Å². The Hall–Kier alpha value is -1.86. The number of anilines is 1. The largest absolute Gasteiger partial charge is 0.497 e. The first-order valence-corrected chi connectivity index (χ1v) is 7.18. The van der Waals surface area contributed by atoms with Gasteiger partial charge in [-0.2, -0.15) is 0 Å². The van der Waals surface area contributed by atoms with Crippen LogP contribution in [0, 0.1) is 12.3 Å². The van der Waals surface area contributed by atoms with Gasteiger partial charge in [0.25, 0.3) is 0 Å². The number of terminal acetylenes is 1. The van der Waals surface area contributed by atoms with E-state index in [1.54, 1.807) is 25.1 Å². The number of benzene rings is 1. The molecule has 0 aliphatic carbocycles. The Kier molecular flexibility index (Phi) is 4.93. The second kappa shape index (κ2) is 6.91. The number of hydrogen-bond donors (Lipinski definition) is 1. The van der Waals surface area contributed by atoms with Crippen molar-refractivity contribution in [3.05, 3.63) is 30.5 Å². The maximum atomic E-state index is 5.22. The quantitative estimate of drug-likeness (QED) is 0.647. The molecular formula is C15H16N2OS. The Labute approximate surface area is 117 Å². The topological polar surface area (TPSA) is 34.2 Å². The van der Waals surface area contributed by atoms with Gasteiger partial charge in [0.2, 0.25) is 0 Å². The summed E-state index contributed by atoms with van der Waals surface area (Å²) < 4.78 is 5.22. The minimum atomic E-state index is 0.752. The van der Waals surface area contributed by atoms with Crippen LogP contribution in [-0.4, -0.2) is 30.1 Å². The molecule has 0 saturated heterocycles. The van der Waals surface area contributed by atoms with E-state index in [2.05, 4.69) is 16.2 Å². The van der Waals surface area contributed by atoms with Gasteiger partial charge in [0, 0.05) is 23.9 Å². The predicted molar refractivity (Wildman–Crippen MR) is 82.9 cm³/mol. The maximum Gasteiger partial charge on any atom is 0.133 e. The van der Waals surface area contributed by atoms with E-state index in [1.807, 2.05) is 24.3 Å². The van der Waals surface area contributed by atoms with E-state index in [9.17, 15) is 0 Å². The molecule has 0 unspecified atom stereocenters. The lowest BCUT2D eigenvalue weighted by Crippen LogP contribution is -2.06. The van der Waals surface area contributed by atoms with Crippen LogP contribution in [0.5, 0.6) is 5.75 Å². The Morgan fingerprint density at radius 2 is 2.32 bits per heavy atom. The average molecular weight is 272 g/mol. The van der Waals surface area contributed by atoms with Gasteiger partial charge in [-0.05, 0) is 29.7 Å². The third-order valence-electron chi connectivity index (χ3n) is 2.70. The molecule has 1 N–H and O–H groups in total. The normalized spacial score (nSPS) is 10.1. The van der Waals surface area contributed by atoms with E-state index in [1.165, 1.54) is 0 Å². The van der Waals surface area contributed by atoms with Crippen molar-refractivity contribution in [2.75, 3.05) is 30.5 Å². The molecule has 0 saturated carbocycles. The molecule has 1 heterocycles. The van der Waals surface area contributed by atoms with Gasteiger partial charge in [0.1, 0.15) is 11.6 Å². The van der Waals surface area contributed by atoms with Crippen LogP contribution in [0.1, 0.15) is 0 Å². The summed E-state index contributed by atoms with van der Waals surface area (Å²) in [7, 11) is 1.67. The molecule has 3 nitrogen and oxygen atoms in total. The lowest BCUT2D eigenvalue weighted by molar-refractivity contribution is 0.415. The molecule has 0 amide bonds. The first-order chi connectivity index (χ1) is 9.35. The number of pyridine rings is 1. The number of thioether (sulfide) groups is 1. The SMILES string of the molecule is C#CCSCCNc1nccc2cc(OC)ccc12. The highest BCUT2D eigenvalue weighted by Crippen LogP contribution is 2.25. The minimum absolute atomic E-state index is 0.752. The van der Waals surface area contributed by atoms with Gasteiger partial charge in [-0.15, -0.1) is 18.2 Å². The third kappa shape index (κ3) is 3.55. The van der Waals surface area contributed by atoms with Gasteiger partial charge in [-0.25, -0.2) is 4.98 Å². The molecule has 0 aliphatic heterocycles. The molecule has 0 radical (unpaired) electrons. The van der Waals surface area contributed by atoms with Crippen molar-refractivity contribution < 1.29 is 4.74 Å². The number of nitrogens with one attached hydrogen (secondary N) is 1. The third-order valence-corrected chi connectivity index (χ3v) is 3.56. The number of aromatic nitrogens is 1. The van der Waals surface area contributed by atoms with Crippen LogP contribution in [0.3, 0.4) is 0 Å². The number of ether oxygens (including phenoxy) is 1. The van der Waals surface area contributed by atoms with Gasteiger partial charge in [-0.3, -0.25) is 0 Å². The van der Waals surface area contributed by atoms with Gasteiger partial charge < -0.3 is 10.1 Å². The first kappa shape index (κ1) is 13.6. The molecule has 0 fully saturated rings. The molecule has 19 heavy (non-hydrogen) atoms.